The molecule has 0 saturated carbocycles. The first kappa shape index (κ1) is 19.3. The van der Waals surface area contributed by atoms with Gasteiger partial charge in [0.25, 0.3) is 0 Å². The van der Waals surface area contributed by atoms with Crippen molar-refractivity contribution in [1.29, 1.82) is 0 Å². The van der Waals surface area contributed by atoms with Crippen LogP contribution in [0.15, 0.2) is 59.5 Å². The summed E-state index contributed by atoms with van der Waals surface area (Å²) in [6.07, 6.45) is -1.22. The fourth-order valence-electron chi connectivity index (χ4n) is 2.34. The van der Waals surface area contributed by atoms with E-state index in [4.69, 9.17) is 4.74 Å². The average molecular weight is 360 g/mol. The van der Waals surface area contributed by atoms with Gasteiger partial charge in [-0.05, 0) is 45.4 Å². The Bertz CT molecular complexity index is 733. The fourth-order valence-corrected chi connectivity index (χ4v) is 3.65. The molecule has 4 nitrogen and oxygen atoms in total. The number of hydrogen-bond acceptors (Lipinski definition) is 4. The van der Waals surface area contributed by atoms with Gasteiger partial charge < -0.3 is 9.84 Å². The number of esters is 1. The minimum atomic E-state index is -1.75. The van der Waals surface area contributed by atoms with E-state index in [0.29, 0.717) is 10.5 Å². The summed E-state index contributed by atoms with van der Waals surface area (Å²) in [5, 5.41) is 9.54. The zero-order chi connectivity index (χ0) is 18.6. The molecule has 0 aliphatic carbocycles. The standard InChI is InChI=1S/C20H24O4S/c1-14-10-12-16(13-11-14)25(23)18(19(22)24-20(2,3)4)17(21)15-8-6-5-7-9-15/h5-13,17-18,21H,1-4H3/t17-,18-,25?/m1/s1. The second-order valence-electron chi connectivity index (χ2n) is 6.92. The number of benzene rings is 2. The molecular formula is C20H24O4S. The summed E-state index contributed by atoms with van der Waals surface area (Å²) in [7, 11) is -1.75. The Hall–Kier alpha value is -1.98. The molecule has 0 saturated heterocycles. The second-order valence-corrected chi connectivity index (χ2v) is 8.49. The van der Waals surface area contributed by atoms with E-state index in [1.54, 1.807) is 57.2 Å². The van der Waals surface area contributed by atoms with Gasteiger partial charge in [0.15, 0.2) is 5.25 Å². The highest BCUT2D eigenvalue weighted by Gasteiger charge is 2.37. The molecule has 0 aromatic heterocycles. The van der Waals surface area contributed by atoms with Crippen LogP contribution in [0, 0.1) is 6.92 Å². The maximum Gasteiger partial charge on any atom is 0.325 e. The van der Waals surface area contributed by atoms with Crippen molar-refractivity contribution in [3.63, 3.8) is 0 Å². The van der Waals surface area contributed by atoms with Crippen LogP contribution < -0.4 is 0 Å². The summed E-state index contributed by atoms with van der Waals surface area (Å²) in [5.41, 5.74) is 0.820. The van der Waals surface area contributed by atoms with Gasteiger partial charge in [-0.2, -0.15) is 0 Å². The van der Waals surface area contributed by atoms with Crippen LogP contribution in [0.1, 0.15) is 38.0 Å². The van der Waals surface area contributed by atoms with Gasteiger partial charge in [0, 0.05) is 4.90 Å². The molecule has 0 spiro atoms. The van der Waals surface area contributed by atoms with Crippen LogP contribution in [0.2, 0.25) is 0 Å². The van der Waals surface area contributed by atoms with E-state index in [2.05, 4.69) is 0 Å². The molecular weight excluding hydrogens is 336 g/mol. The highest BCUT2D eigenvalue weighted by molar-refractivity contribution is 7.86. The van der Waals surface area contributed by atoms with Gasteiger partial charge in [-0.25, -0.2) is 0 Å². The molecule has 0 fully saturated rings. The largest absolute Gasteiger partial charge is 0.459 e. The Labute approximate surface area is 151 Å². The normalized spacial score (nSPS) is 15.2. The number of hydrogen-bond donors (Lipinski definition) is 1. The zero-order valence-electron chi connectivity index (χ0n) is 14.9. The molecule has 5 heteroatoms. The van der Waals surface area contributed by atoms with E-state index in [9.17, 15) is 14.1 Å². The minimum absolute atomic E-state index is 0.483. The molecule has 0 bridgehead atoms. The third-order valence-corrected chi connectivity index (χ3v) is 5.20. The van der Waals surface area contributed by atoms with Crippen molar-refractivity contribution in [3.05, 3.63) is 65.7 Å². The molecule has 0 heterocycles. The van der Waals surface area contributed by atoms with E-state index in [0.717, 1.165) is 5.56 Å². The third kappa shape index (κ3) is 5.25. The number of carbonyl (C=O) groups excluding carboxylic acids is 1. The van der Waals surface area contributed by atoms with Gasteiger partial charge in [0.2, 0.25) is 0 Å². The van der Waals surface area contributed by atoms with Crippen LogP contribution >= 0.6 is 0 Å². The van der Waals surface area contributed by atoms with Crippen molar-refractivity contribution < 1.29 is 18.8 Å². The number of aryl methyl sites for hydroxylation is 1. The Kier molecular flexibility index (Phi) is 6.14. The second kappa shape index (κ2) is 7.93. The van der Waals surface area contributed by atoms with E-state index in [1.807, 2.05) is 25.1 Å². The monoisotopic (exact) mass is 360 g/mol. The summed E-state index contributed by atoms with van der Waals surface area (Å²) < 4.78 is 18.5. The lowest BCUT2D eigenvalue weighted by Gasteiger charge is -2.26. The lowest BCUT2D eigenvalue weighted by atomic mass is 10.1. The molecule has 3 atom stereocenters. The SMILES string of the molecule is Cc1ccc(S(=O)[C@@H](C(=O)OC(C)(C)C)[C@H](O)c2ccccc2)cc1. The van der Waals surface area contributed by atoms with Crippen LogP contribution in [0.25, 0.3) is 0 Å². The van der Waals surface area contributed by atoms with Crippen LogP contribution in [0.5, 0.6) is 0 Å². The first-order valence-corrected chi connectivity index (χ1v) is 9.33. The minimum Gasteiger partial charge on any atom is -0.459 e. The third-order valence-electron chi connectivity index (χ3n) is 3.55. The molecule has 0 amide bonds. The van der Waals surface area contributed by atoms with Crippen molar-refractivity contribution in [1.82, 2.24) is 0 Å². The summed E-state index contributed by atoms with van der Waals surface area (Å²) in [6, 6.07) is 15.8. The summed E-state index contributed by atoms with van der Waals surface area (Å²) in [4.78, 5) is 13.2. The lowest BCUT2D eigenvalue weighted by Crippen LogP contribution is -2.38. The van der Waals surface area contributed by atoms with E-state index in [1.165, 1.54) is 0 Å². The summed E-state index contributed by atoms with van der Waals surface area (Å²) in [6.45, 7) is 7.15. The number of rotatable bonds is 5. The van der Waals surface area contributed by atoms with E-state index in [-0.39, 0.29) is 0 Å². The number of aliphatic hydroxyl groups is 1. The molecule has 0 aliphatic rings. The van der Waals surface area contributed by atoms with Gasteiger partial charge in [-0.3, -0.25) is 9.00 Å². The van der Waals surface area contributed by atoms with Crippen molar-refractivity contribution in [2.45, 2.75) is 49.5 Å². The fraction of sp³-hybridized carbons (Fsp3) is 0.350. The number of aliphatic hydroxyl groups excluding tert-OH is 1. The molecule has 25 heavy (non-hydrogen) atoms. The van der Waals surface area contributed by atoms with Crippen molar-refractivity contribution >= 4 is 16.8 Å². The van der Waals surface area contributed by atoms with Crippen LogP contribution in [0.3, 0.4) is 0 Å². The van der Waals surface area contributed by atoms with Crippen LogP contribution in [0.4, 0.5) is 0 Å². The van der Waals surface area contributed by atoms with Crippen molar-refractivity contribution in [3.8, 4) is 0 Å². The van der Waals surface area contributed by atoms with E-state index >= 15 is 0 Å². The Balaban J connectivity index is 2.39. The van der Waals surface area contributed by atoms with Crippen LogP contribution in [-0.2, 0) is 20.3 Å². The van der Waals surface area contributed by atoms with Gasteiger partial charge >= 0.3 is 5.97 Å². The Morgan fingerprint density at radius 2 is 1.60 bits per heavy atom. The molecule has 0 radical (unpaired) electrons. The smallest absolute Gasteiger partial charge is 0.325 e. The topological polar surface area (TPSA) is 63.6 Å². The molecule has 0 aliphatic heterocycles. The highest BCUT2D eigenvalue weighted by Crippen LogP contribution is 2.27. The zero-order valence-corrected chi connectivity index (χ0v) is 15.7. The van der Waals surface area contributed by atoms with Crippen molar-refractivity contribution in [2.24, 2.45) is 0 Å². The predicted octanol–water partition coefficient (Wildman–Crippen LogP) is 3.55. The molecule has 134 valence electrons. The number of carbonyl (C=O) groups is 1. The first-order chi connectivity index (χ1) is 11.7. The highest BCUT2D eigenvalue weighted by atomic mass is 32.2. The summed E-state index contributed by atoms with van der Waals surface area (Å²) >= 11 is 0. The summed E-state index contributed by atoms with van der Waals surface area (Å²) in [5.74, 6) is -0.678. The first-order valence-electron chi connectivity index (χ1n) is 8.12. The van der Waals surface area contributed by atoms with Gasteiger partial charge in [0.05, 0.1) is 10.8 Å². The quantitative estimate of drug-likeness (QED) is 0.828. The Morgan fingerprint density at radius 1 is 1.04 bits per heavy atom. The number of ether oxygens (including phenoxy) is 1. The van der Waals surface area contributed by atoms with Gasteiger partial charge in [0.1, 0.15) is 11.7 Å². The van der Waals surface area contributed by atoms with E-state index < -0.39 is 33.7 Å². The van der Waals surface area contributed by atoms with Gasteiger partial charge in [-0.15, -0.1) is 0 Å². The molecule has 1 unspecified atom stereocenters. The lowest BCUT2D eigenvalue weighted by molar-refractivity contribution is -0.156. The maximum absolute atomic E-state index is 13.0. The Morgan fingerprint density at radius 3 is 2.12 bits per heavy atom. The average Bonchev–Trinajstić information content (AvgIpc) is 2.54. The maximum atomic E-state index is 13.0. The predicted molar refractivity (Wildman–Crippen MR) is 98.6 cm³/mol. The van der Waals surface area contributed by atoms with Crippen LogP contribution in [-0.4, -0.2) is 26.1 Å². The molecule has 2 aromatic rings. The molecule has 2 aromatic carbocycles. The molecule has 1 N–H and O–H groups in total. The van der Waals surface area contributed by atoms with Crippen molar-refractivity contribution in [2.75, 3.05) is 0 Å². The van der Waals surface area contributed by atoms with Gasteiger partial charge in [-0.1, -0.05) is 48.0 Å². The molecule has 2 rings (SSSR count).